The molecule has 1 aliphatic heterocycles. The maximum atomic E-state index is 11.8. The predicted molar refractivity (Wildman–Crippen MR) is 64.5 cm³/mol. The molecular formula is C12H22N2O3. The molecule has 1 atom stereocenters. The highest BCUT2D eigenvalue weighted by atomic mass is 16.5. The van der Waals surface area contributed by atoms with Gasteiger partial charge in [0.2, 0.25) is 5.91 Å². The van der Waals surface area contributed by atoms with Gasteiger partial charge in [0.1, 0.15) is 0 Å². The number of carbonyl (C=O) groups excluding carboxylic acids is 2. The third-order valence-corrected chi connectivity index (χ3v) is 3.01. The second kappa shape index (κ2) is 7.27. The van der Waals surface area contributed by atoms with E-state index >= 15 is 0 Å². The Labute approximate surface area is 102 Å². The number of nitrogens with zero attached hydrogens (tertiary/aromatic N) is 1. The van der Waals surface area contributed by atoms with Crippen molar-refractivity contribution in [3.63, 3.8) is 0 Å². The van der Waals surface area contributed by atoms with Gasteiger partial charge in [-0.3, -0.25) is 14.5 Å². The van der Waals surface area contributed by atoms with Crippen molar-refractivity contribution in [2.45, 2.75) is 38.6 Å². The van der Waals surface area contributed by atoms with Gasteiger partial charge in [-0.15, -0.1) is 0 Å². The number of rotatable bonds is 5. The summed E-state index contributed by atoms with van der Waals surface area (Å²) >= 11 is 0. The molecule has 1 aliphatic rings. The van der Waals surface area contributed by atoms with Gasteiger partial charge in [0, 0.05) is 13.1 Å². The van der Waals surface area contributed by atoms with Crippen molar-refractivity contribution in [1.82, 2.24) is 10.2 Å². The van der Waals surface area contributed by atoms with Crippen molar-refractivity contribution >= 4 is 11.9 Å². The Balaban J connectivity index is 2.37. The topological polar surface area (TPSA) is 58.6 Å². The van der Waals surface area contributed by atoms with Crippen LogP contribution in [0, 0.1) is 0 Å². The minimum absolute atomic E-state index is 0.0776. The maximum Gasteiger partial charge on any atom is 0.307 e. The molecule has 17 heavy (non-hydrogen) atoms. The fraction of sp³-hybridized carbons (Fsp3) is 0.833. The molecule has 0 aliphatic carbocycles. The summed E-state index contributed by atoms with van der Waals surface area (Å²) < 4.78 is 4.86. The molecule has 1 heterocycles. The lowest BCUT2D eigenvalue weighted by Crippen LogP contribution is -2.44. The molecule has 5 nitrogen and oxygen atoms in total. The molecule has 1 N–H and O–H groups in total. The molecule has 0 aromatic rings. The lowest BCUT2D eigenvalue weighted by molar-refractivity contribution is -0.144. The van der Waals surface area contributed by atoms with E-state index in [1.807, 2.05) is 11.9 Å². The number of amides is 1. The first-order valence-corrected chi connectivity index (χ1v) is 6.28. The van der Waals surface area contributed by atoms with Crippen molar-refractivity contribution in [3.8, 4) is 0 Å². The molecule has 0 aromatic heterocycles. The Bertz CT molecular complexity index is 268. The summed E-state index contributed by atoms with van der Waals surface area (Å²) in [7, 11) is 1.88. The SMILES string of the molecule is CCOC(=O)CCN(C)C1CCCCNC1=O. The van der Waals surface area contributed by atoms with E-state index in [2.05, 4.69) is 5.32 Å². The summed E-state index contributed by atoms with van der Waals surface area (Å²) in [5, 5.41) is 2.89. The third-order valence-electron chi connectivity index (χ3n) is 3.01. The van der Waals surface area contributed by atoms with E-state index in [0.717, 1.165) is 25.8 Å². The van der Waals surface area contributed by atoms with Crippen LogP contribution in [0.25, 0.3) is 0 Å². The van der Waals surface area contributed by atoms with Crippen molar-refractivity contribution in [2.24, 2.45) is 0 Å². The molecule has 98 valence electrons. The van der Waals surface area contributed by atoms with E-state index in [9.17, 15) is 9.59 Å². The lowest BCUT2D eigenvalue weighted by atomic mass is 10.1. The van der Waals surface area contributed by atoms with Gasteiger partial charge in [0.05, 0.1) is 19.1 Å². The van der Waals surface area contributed by atoms with Gasteiger partial charge in [-0.1, -0.05) is 0 Å². The number of hydrogen-bond acceptors (Lipinski definition) is 4. The highest BCUT2D eigenvalue weighted by molar-refractivity contribution is 5.82. The molecule has 1 unspecified atom stereocenters. The van der Waals surface area contributed by atoms with Crippen LogP contribution in [0.4, 0.5) is 0 Å². The Morgan fingerprint density at radius 2 is 2.29 bits per heavy atom. The van der Waals surface area contributed by atoms with Crippen molar-refractivity contribution in [3.05, 3.63) is 0 Å². The Morgan fingerprint density at radius 3 is 3.00 bits per heavy atom. The smallest absolute Gasteiger partial charge is 0.307 e. The van der Waals surface area contributed by atoms with Gasteiger partial charge in [0.25, 0.3) is 0 Å². The van der Waals surface area contributed by atoms with Crippen LogP contribution in [0.3, 0.4) is 0 Å². The summed E-state index contributed by atoms with van der Waals surface area (Å²) in [5.74, 6) is -0.123. The van der Waals surface area contributed by atoms with Crippen molar-refractivity contribution in [2.75, 3.05) is 26.7 Å². The minimum atomic E-state index is -0.201. The molecule has 1 amide bonds. The Morgan fingerprint density at radius 1 is 1.53 bits per heavy atom. The van der Waals surface area contributed by atoms with Gasteiger partial charge < -0.3 is 10.1 Å². The molecule has 0 radical (unpaired) electrons. The molecule has 0 spiro atoms. The molecule has 0 bridgehead atoms. The summed E-state index contributed by atoms with van der Waals surface area (Å²) in [6, 6.07) is -0.105. The zero-order valence-electron chi connectivity index (χ0n) is 10.7. The van der Waals surface area contributed by atoms with Gasteiger partial charge in [0.15, 0.2) is 0 Å². The van der Waals surface area contributed by atoms with Gasteiger partial charge in [-0.05, 0) is 33.2 Å². The van der Waals surface area contributed by atoms with E-state index in [1.54, 1.807) is 6.92 Å². The third kappa shape index (κ3) is 4.73. The second-order valence-corrected chi connectivity index (χ2v) is 4.34. The van der Waals surface area contributed by atoms with Crippen LogP contribution in [-0.4, -0.2) is 49.6 Å². The predicted octanol–water partition coefficient (Wildman–Crippen LogP) is 0.540. The summed E-state index contributed by atoms with van der Waals surface area (Å²) in [6.45, 7) is 3.53. The highest BCUT2D eigenvalue weighted by Gasteiger charge is 2.24. The summed E-state index contributed by atoms with van der Waals surface area (Å²) in [6.07, 6.45) is 3.29. The summed E-state index contributed by atoms with van der Waals surface area (Å²) in [5.41, 5.74) is 0. The lowest BCUT2D eigenvalue weighted by Gasteiger charge is -2.25. The minimum Gasteiger partial charge on any atom is -0.466 e. The average molecular weight is 242 g/mol. The van der Waals surface area contributed by atoms with E-state index in [4.69, 9.17) is 4.74 Å². The van der Waals surface area contributed by atoms with Crippen LogP contribution in [-0.2, 0) is 14.3 Å². The quantitative estimate of drug-likeness (QED) is 0.715. The largest absolute Gasteiger partial charge is 0.466 e. The van der Waals surface area contributed by atoms with E-state index in [0.29, 0.717) is 19.6 Å². The zero-order valence-corrected chi connectivity index (χ0v) is 10.7. The van der Waals surface area contributed by atoms with Gasteiger partial charge in [-0.2, -0.15) is 0 Å². The fourth-order valence-corrected chi connectivity index (χ4v) is 2.00. The molecule has 5 heteroatoms. The molecule has 1 fully saturated rings. The molecule has 1 rings (SSSR count). The number of likely N-dealkylation sites (N-methyl/N-ethyl adjacent to an activating group) is 1. The first-order valence-electron chi connectivity index (χ1n) is 6.28. The normalized spacial score (nSPS) is 20.9. The first-order chi connectivity index (χ1) is 8.15. The van der Waals surface area contributed by atoms with E-state index < -0.39 is 0 Å². The van der Waals surface area contributed by atoms with Crippen LogP contribution >= 0.6 is 0 Å². The van der Waals surface area contributed by atoms with Crippen molar-refractivity contribution < 1.29 is 14.3 Å². The number of nitrogens with one attached hydrogen (secondary N) is 1. The molecular weight excluding hydrogens is 220 g/mol. The van der Waals surface area contributed by atoms with Crippen LogP contribution in [0.5, 0.6) is 0 Å². The number of ether oxygens (including phenoxy) is 1. The molecule has 0 aromatic carbocycles. The highest BCUT2D eigenvalue weighted by Crippen LogP contribution is 2.11. The standard InChI is InChI=1S/C12H22N2O3/c1-3-17-11(15)7-9-14(2)10-6-4-5-8-13-12(10)16/h10H,3-9H2,1-2H3,(H,13,16). The average Bonchev–Trinajstić information content (AvgIpc) is 2.51. The zero-order chi connectivity index (χ0) is 12.7. The van der Waals surface area contributed by atoms with Crippen LogP contribution in [0.2, 0.25) is 0 Å². The monoisotopic (exact) mass is 242 g/mol. The van der Waals surface area contributed by atoms with Crippen LogP contribution in [0.15, 0.2) is 0 Å². The van der Waals surface area contributed by atoms with E-state index in [1.165, 1.54) is 0 Å². The Kier molecular flexibility index (Phi) is 5.97. The maximum absolute atomic E-state index is 11.8. The van der Waals surface area contributed by atoms with E-state index in [-0.39, 0.29) is 17.9 Å². The van der Waals surface area contributed by atoms with Crippen LogP contribution < -0.4 is 5.32 Å². The molecule has 1 saturated heterocycles. The number of carbonyl (C=O) groups is 2. The molecule has 0 saturated carbocycles. The summed E-state index contributed by atoms with van der Waals surface area (Å²) in [4.78, 5) is 24.9. The number of esters is 1. The van der Waals surface area contributed by atoms with Crippen molar-refractivity contribution in [1.29, 1.82) is 0 Å². The van der Waals surface area contributed by atoms with Crippen LogP contribution in [0.1, 0.15) is 32.6 Å². The number of hydrogen-bond donors (Lipinski definition) is 1. The van der Waals surface area contributed by atoms with Gasteiger partial charge >= 0.3 is 5.97 Å². The van der Waals surface area contributed by atoms with Gasteiger partial charge in [-0.25, -0.2) is 0 Å². The fourth-order valence-electron chi connectivity index (χ4n) is 2.00. The second-order valence-electron chi connectivity index (χ2n) is 4.34. The first kappa shape index (κ1) is 14.0. The Hall–Kier alpha value is -1.10.